The third-order valence-corrected chi connectivity index (χ3v) is 10.1. The molecule has 5 rings (SSSR count). The van der Waals surface area contributed by atoms with Gasteiger partial charge in [-0.3, -0.25) is 4.79 Å². The Hall–Kier alpha value is -1.02. The number of ketones is 1. The normalized spacial score (nSPS) is 40.6. The number of phenolic OH excluding ortho intramolecular Hbond substituents is 1. The van der Waals surface area contributed by atoms with Crippen molar-refractivity contribution in [3.05, 3.63) is 23.3 Å². The molecule has 96 valence electrons. The fourth-order valence-electron chi connectivity index (χ4n) is 5.08. The second-order valence-corrected chi connectivity index (χ2v) is 9.58. The molecule has 3 heterocycles. The molecule has 0 amide bonds. The van der Waals surface area contributed by atoms with Gasteiger partial charge < -0.3 is 14.9 Å². The van der Waals surface area contributed by atoms with Gasteiger partial charge in [-0.2, -0.15) is 0 Å². The van der Waals surface area contributed by atoms with Gasteiger partial charge in [0.2, 0.25) is 0 Å². The molecule has 3 aliphatic heterocycles. The fraction of sp³-hybridized carbons (Fsp3) is 0.500. The van der Waals surface area contributed by atoms with Gasteiger partial charge in [0.05, 0.1) is 0 Å². The average Bonchev–Trinajstić information content (AvgIpc) is 2.79. The van der Waals surface area contributed by atoms with Crippen LogP contribution in [-0.2, 0) is 15.5 Å². The number of aliphatic hydroxyl groups is 1. The average molecular weight is 272 g/mol. The SMILES string of the molecule is O=C1CC[C]2(O)[Al]3[CH2]c4ccc(O)c5c4[C@@]2([CH2]3)[C@H]1O5. The zero-order chi connectivity index (χ0) is 13.0. The first-order valence-electron chi connectivity index (χ1n) is 6.85. The Balaban J connectivity index is 1.88. The van der Waals surface area contributed by atoms with Crippen molar-refractivity contribution in [2.75, 3.05) is 0 Å². The van der Waals surface area contributed by atoms with Gasteiger partial charge in [-0.1, -0.05) is 22.2 Å². The third-order valence-electron chi connectivity index (χ3n) is 5.88. The summed E-state index contributed by atoms with van der Waals surface area (Å²) in [6.07, 6.45) is 0.450. The minimum atomic E-state index is -1.26. The summed E-state index contributed by atoms with van der Waals surface area (Å²) in [5.41, 5.74) is 1.63. The quantitative estimate of drug-likeness (QED) is 0.680. The monoisotopic (exact) mass is 272 g/mol. The third kappa shape index (κ3) is 0.876. The van der Waals surface area contributed by atoms with Crippen LogP contribution in [0, 0.1) is 0 Å². The maximum atomic E-state index is 12.2. The van der Waals surface area contributed by atoms with Gasteiger partial charge in [-0.05, 0) is 12.5 Å². The molecule has 1 unspecified atom stereocenters. The first-order valence-corrected chi connectivity index (χ1v) is 9.06. The van der Waals surface area contributed by atoms with Crippen LogP contribution in [0.25, 0.3) is 0 Å². The highest BCUT2D eigenvalue weighted by Gasteiger charge is 2.79. The molecule has 1 aromatic rings. The maximum Gasteiger partial charge on any atom is 0.318 e. The lowest BCUT2D eigenvalue weighted by atomic mass is 9.64. The molecular weight excluding hydrogens is 259 g/mol. The smallest absolute Gasteiger partial charge is 0.318 e. The van der Waals surface area contributed by atoms with Crippen molar-refractivity contribution in [3.63, 3.8) is 0 Å². The molecule has 4 aliphatic rings. The molecule has 5 heteroatoms. The van der Waals surface area contributed by atoms with E-state index in [0.29, 0.717) is 18.6 Å². The Morgan fingerprint density at radius 3 is 3.11 bits per heavy atom. The van der Waals surface area contributed by atoms with Crippen LogP contribution in [0.1, 0.15) is 24.0 Å². The standard InChI is InChI=1S/C14H13O4.Al/c1-7-3-4-8(15)12-11(7)14(2)10(17)6-5-9(16)13(14)18-12;/h3-4,13,15,17H,1-2,5-6H2;/t13-,14-;/m0./s1. The summed E-state index contributed by atoms with van der Waals surface area (Å²) in [6, 6.07) is 3.60. The Bertz CT molecular complexity index is 657. The zero-order valence-corrected chi connectivity index (χ0v) is 11.5. The van der Waals surface area contributed by atoms with Gasteiger partial charge in [0.25, 0.3) is 0 Å². The van der Waals surface area contributed by atoms with Crippen molar-refractivity contribution in [2.24, 2.45) is 0 Å². The predicted octanol–water partition coefficient (Wildman–Crippen LogP) is 0.628. The number of carbonyl (C=O) groups excluding carboxylic acids is 1. The van der Waals surface area contributed by atoms with E-state index in [0.717, 1.165) is 16.1 Å². The van der Waals surface area contributed by atoms with Crippen LogP contribution in [0.4, 0.5) is 0 Å². The van der Waals surface area contributed by atoms with Gasteiger partial charge in [-0.15, -0.1) is 0 Å². The first kappa shape index (κ1) is 10.7. The first-order chi connectivity index (χ1) is 9.08. The molecule has 0 aromatic heterocycles. The molecule has 1 spiro atoms. The molecule has 2 bridgehead atoms. The summed E-state index contributed by atoms with van der Waals surface area (Å²) in [7, 11) is 0. The van der Waals surface area contributed by atoms with Crippen molar-refractivity contribution < 1.29 is 19.7 Å². The second-order valence-electron chi connectivity index (χ2n) is 6.41. The van der Waals surface area contributed by atoms with E-state index in [2.05, 4.69) is 0 Å². The summed E-state index contributed by atoms with van der Waals surface area (Å²) in [6.45, 7) is 0. The van der Waals surface area contributed by atoms with E-state index < -0.39 is 30.1 Å². The topological polar surface area (TPSA) is 66.8 Å². The summed E-state index contributed by atoms with van der Waals surface area (Å²) in [5.74, 6) is 0.647. The largest absolute Gasteiger partial charge is 0.504 e. The highest BCUT2D eigenvalue weighted by atomic mass is 27.2. The van der Waals surface area contributed by atoms with Gasteiger partial charge in [-0.25, -0.2) is 0 Å². The molecular formula is C14H13AlO4. The Labute approximate surface area is 114 Å². The predicted molar refractivity (Wildman–Crippen MR) is 67.7 cm³/mol. The molecule has 3 atom stereocenters. The van der Waals surface area contributed by atoms with E-state index in [-0.39, 0.29) is 11.5 Å². The summed E-state index contributed by atoms with van der Waals surface area (Å²) in [5, 5.41) is 23.0. The van der Waals surface area contributed by atoms with E-state index in [1.54, 1.807) is 6.07 Å². The summed E-state index contributed by atoms with van der Waals surface area (Å²) >= 11 is -1.26. The fourth-order valence-corrected chi connectivity index (χ4v) is 9.63. The van der Waals surface area contributed by atoms with Crippen LogP contribution in [0.3, 0.4) is 0 Å². The van der Waals surface area contributed by atoms with E-state index in [4.69, 9.17) is 4.74 Å². The van der Waals surface area contributed by atoms with Crippen molar-refractivity contribution >= 4 is 19.9 Å². The van der Waals surface area contributed by atoms with E-state index in [9.17, 15) is 15.0 Å². The van der Waals surface area contributed by atoms with Gasteiger partial charge >= 0.3 is 14.1 Å². The Morgan fingerprint density at radius 2 is 2.26 bits per heavy atom. The number of ether oxygens (including phenoxy) is 1. The van der Waals surface area contributed by atoms with Gasteiger partial charge in [0, 0.05) is 21.9 Å². The van der Waals surface area contributed by atoms with E-state index in [1.165, 1.54) is 5.56 Å². The number of hydrogen-bond donors (Lipinski definition) is 2. The van der Waals surface area contributed by atoms with Crippen LogP contribution in [0.15, 0.2) is 12.1 Å². The minimum Gasteiger partial charge on any atom is -0.504 e. The molecule has 4 nitrogen and oxygen atoms in total. The van der Waals surface area contributed by atoms with Crippen molar-refractivity contribution in [1.29, 1.82) is 0 Å². The van der Waals surface area contributed by atoms with Crippen molar-refractivity contribution in [2.45, 2.75) is 39.4 Å². The highest BCUT2D eigenvalue weighted by Crippen LogP contribution is 2.69. The summed E-state index contributed by atoms with van der Waals surface area (Å²) in [4.78, 5) is 12.2. The molecule has 19 heavy (non-hydrogen) atoms. The van der Waals surface area contributed by atoms with Crippen molar-refractivity contribution in [1.82, 2.24) is 0 Å². The Morgan fingerprint density at radius 1 is 1.42 bits per heavy atom. The van der Waals surface area contributed by atoms with E-state index in [1.807, 2.05) is 6.07 Å². The molecule has 1 aromatic carbocycles. The van der Waals surface area contributed by atoms with E-state index >= 15 is 0 Å². The lowest BCUT2D eigenvalue weighted by molar-refractivity contribution is -0.143. The number of Topliss-reactive ketones (excluding diaryl/α,β-unsaturated/α-hetero) is 1. The zero-order valence-electron chi connectivity index (χ0n) is 10.3. The van der Waals surface area contributed by atoms with Gasteiger partial charge in [0.15, 0.2) is 23.4 Å². The number of phenols is 1. The molecule has 1 saturated carbocycles. The van der Waals surface area contributed by atoms with Gasteiger partial charge in [0.1, 0.15) is 0 Å². The van der Waals surface area contributed by atoms with Crippen molar-refractivity contribution in [3.8, 4) is 11.5 Å². The molecule has 2 fully saturated rings. The summed E-state index contributed by atoms with van der Waals surface area (Å²) < 4.78 is 5.14. The molecule has 2 N–H and O–H groups in total. The number of carbonyl (C=O) groups is 1. The number of rotatable bonds is 0. The van der Waals surface area contributed by atoms with Crippen LogP contribution in [-0.4, -0.2) is 40.7 Å². The maximum absolute atomic E-state index is 12.2. The molecule has 1 saturated heterocycles. The van der Waals surface area contributed by atoms with Crippen LogP contribution >= 0.6 is 0 Å². The highest BCUT2D eigenvalue weighted by molar-refractivity contribution is 6.67. The lowest BCUT2D eigenvalue weighted by Crippen LogP contribution is -2.81. The lowest BCUT2D eigenvalue weighted by Gasteiger charge is -2.65. The molecule has 0 radical (unpaired) electrons. The second kappa shape index (κ2) is 2.85. The van der Waals surface area contributed by atoms with Crippen LogP contribution < -0.4 is 4.74 Å². The van der Waals surface area contributed by atoms with Crippen LogP contribution in [0.5, 0.6) is 11.5 Å². The number of aromatic hydroxyl groups is 1. The van der Waals surface area contributed by atoms with Crippen LogP contribution in [0.2, 0.25) is 5.28 Å². The minimum absolute atomic E-state index is 0.0839. The number of hydrogen-bond acceptors (Lipinski definition) is 4. The molecule has 1 aliphatic carbocycles. The number of benzene rings is 1. The Kier molecular flexibility index (Phi) is 1.61.